The average Bonchev–Trinajstić information content (AvgIpc) is 2.27. The molecule has 17 heavy (non-hydrogen) atoms. The molecule has 1 N–H and O–H groups in total. The number of aryl methyl sites for hydroxylation is 2. The molecule has 1 aliphatic rings. The Kier molecular flexibility index (Phi) is 3.70. The molecule has 2 heteroatoms. The van der Waals surface area contributed by atoms with Crippen LogP contribution in [0.1, 0.15) is 44.5 Å². The van der Waals surface area contributed by atoms with E-state index in [0.29, 0.717) is 6.04 Å². The normalized spacial score (nSPS) is 29.1. The Morgan fingerprint density at radius 2 is 1.88 bits per heavy atom. The number of anilines is 1. The zero-order valence-corrected chi connectivity index (χ0v) is 11.5. The number of nitrogens with zero attached hydrogens (tertiary/aromatic N) is 1. The van der Waals surface area contributed by atoms with Crippen LogP contribution in [0.4, 0.5) is 5.69 Å². The van der Waals surface area contributed by atoms with E-state index in [9.17, 15) is 0 Å². The third-order valence-corrected chi connectivity index (χ3v) is 4.18. The van der Waals surface area contributed by atoms with Crippen LogP contribution < -0.4 is 5.32 Å². The van der Waals surface area contributed by atoms with E-state index in [4.69, 9.17) is 0 Å². The minimum Gasteiger partial charge on any atom is -0.381 e. The Hall–Kier alpha value is -1.05. The highest BCUT2D eigenvalue weighted by Gasteiger charge is 2.24. The van der Waals surface area contributed by atoms with Crippen LogP contribution in [-0.2, 0) is 0 Å². The highest BCUT2D eigenvalue weighted by Crippen LogP contribution is 2.31. The molecule has 94 valence electrons. The zero-order valence-electron chi connectivity index (χ0n) is 11.5. The molecular formula is C15H24N2. The minimum atomic E-state index is 0.629. The second-order valence-electron chi connectivity index (χ2n) is 5.69. The summed E-state index contributed by atoms with van der Waals surface area (Å²) in [7, 11) is 0. The van der Waals surface area contributed by atoms with Crippen molar-refractivity contribution in [1.82, 2.24) is 4.98 Å². The van der Waals surface area contributed by atoms with Crippen LogP contribution in [0.3, 0.4) is 0 Å². The summed E-state index contributed by atoms with van der Waals surface area (Å²) in [5.41, 5.74) is 3.43. The standard InChI is InChI=1S/C15H24N2/c1-10-5-7-14(9-11(10)2)17-15-8-6-12(3)16-13(15)4/h6,8,10-11,14,17H,5,7,9H2,1-4H3. The van der Waals surface area contributed by atoms with E-state index in [1.807, 2.05) is 6.92 Å². The molecule has 1 heterocycles. The maximum absolute atomic E-state index is 4.51. The third-order valence-electron chi connectivity index (χ3n) is 4.18. The molecule has 1 fully saturated rings. The van der Waals surface area contributed by atoms with Gasteiger partial charge in [-0.2, -0.15) is 0 Å². The minimum absolute atomic E-state index is 0.629. The van der Waals surface area contributed by atoms with Crippen molar-refractivity contribution >= 4 is 5.69 Å². The number of hydrogen-bond donors (Lipinski definition) is 1. The molecule has 0 spiro atoms. The van der Waals surface area contributed by atoms with Gasteiger partial charge in [0.25, 0.3) is 0 Å². The molecule has 2 nitrogen and oxygen atoms in total. The van der Waals surface area contributed by atoms with Crippen LogP contribution in [0.25, 0.3) is 0 Å². The molecule has 1 saturated carbocycles. The first-order chi connectivity index (χ1) is 8.06. The smallest absolute Gasteiger partial charge is 0.0606 e. The van der Waals surface area contributed by atoms with Gasteiger partial charge in [-0.25, -0.2) is 0 Å². The molecule has 3 atom stereocenters. The van der Waals surface area contributed by atoms with Crippen LogP contribution in [0.2, 0.25) is 0 Å². The summed E-state index contributed by atoms with van der Waals surface area (Å²) in [6.45, 7) is 8.88. The van der Waals surface area contributed by atoms with E-state index >= 15 is 0 Å². The molecule has 0 bridgehead atoms. The van der Waals surface area contributed by atoms with E-state index in [2.05, 4.69) is 43.2 Å². The van der Waals surface area contributed by atoms with Crippen LogP contribution >= 0.6 is 0 Å². The number of aromatic nitrogens is 1. The van der Waals surface area contributed by atoms with Gasteiger partial charge in [-0.15, -0.1) is 0 Å². The lowest BCUT2D eigenvalue weighted by molar-refractivity contribution is 0.261. The molecule has 0 radical (unpaired) electrons. The molecule has 0 amide bonds. The van der Waals surface area contributed by atoms with Crippen LogP contribution in [0.5, 0.6) is 0 Å². The fraction of sp³-hybridized carbons (Fsp3) is 0.667. The van der Waals surface area contributed by atoms with E-state index in [1.54, 1.807) is 0 Å². The van der Waals surface area contributed by atoms with Gasteiger partial charge in [0.1, 0.15) is 0 Å². The first-order valence-corrected chi connectivity index (χ1v) is 6.77. The lowest BCUT2D eigenvalue weighted by atomic mass is 9.79. The first-order valence-electron chi connectivity index (χ1n) is 6.77. The van der Waals surface area contributed by atoms with Crippen molar-refractivity contribution < 1.29 is 0 Å². The monoisotopic (exact) mass is 232 g/mol. The highest BCUT2D eigenvalue weighted by molar-refractivity contribution is 5.48. The second-order valence-corrected chi connectivity index (χ2v) is 5.69. The quantitative estimate of drug-likeness (QED) is 0.835. The van der Waals surface area contributed by atoms with Crippen molar-refractivity contribution in [3.05, 3.63) is 23.5 Å². The van der Waals surface area contributed by atoms with Crippen LogP contribution in [0.15, 0.2) is 12.1 Å². The lowest BCUT2D eigenvalue weighted by Crippen LogP contribution is -2.30. The molecule has 3 unspecified atom stereocenters. The Morgan fingerprint density at radius 3 is 2.53 bits per heavy atom. The SMILES string of the molecule is Cc1ccc(NC2CCC(C)C(C)C2)c(C)n1. The van der Waals surface area contributed by atoms with E-state index in [1.165, 1.54) is 24.9 Å². The number of nitrogens with one attached hydrogen (secondary N) is 1. The highest BCUT2D eigenvalue weighted by atomic mass is 14.9. The molecular weight excluding hydrogens is 208 g/mol. The fourth-order valence-corrected chi connectivity index (χ4v) is 2.74. The molecule has 0 aliphatic heterocycles. The van der Waals surface area contributed by atoms with Gasteiger partial charge in [-0.1, -0.05) is 13.8 Å². The number of pyridine rings is 1. The van der Waals surface area contributed by atoms with Gasteiger partial charge >= 0.3 is 0 Å². The van der Waals surface area contributed by atoms with Gasteiger partial charge in [0.15, 0.2) is 0 Å². The number of hydrogen-bond acceptors (Lipinski definition) is 2. The molecule has 1 aromatic heterocycles. The topological polar surface area (TPSA) is 24.9 Å². The Bertz CT molecular complexity index is 387. The lowest BCUT2D eigenvalue weighted by Gasteiger charge is -2.33. The predicted molar refractivity (Wildman–Crippen MR) is 73.3 cm³/mol. The number of rotatable bonds is 2. The van der Waals surface area contributed by atoms with Crippen molar-refractivity contribution in [2.75, 3.05) is 5.32 Å². The summed E-state index contributed by atoms with van der Waals surface area (Å²) in [6, 6.07) is 4.88. The maximum Gasteiger partial charge on any atom is 0.0606 e. The van der Waals surface area contributed by atoms with E-state index < -0.39 is 0 Å². The van der Waals surface area contributed by atoms with Crippen molar-refractivity contribution in [2.45, 2.75) is 53.0 Å². The van der Waals surface area contributed by atoms with Crippen molar-refractivity contribution in [3.8, 4) is 0 Å². The predicted octanol–water partition coefficient (Wildman–Crippen LogP) is 3.94. The van der Waals surface area contributed by atoms with E-state index in [-0.39, 0.29) is 0 Å². The van der Waals surface area contributed by atoms with Gasteiger partial charge < -0.3 is 5.32 Å². The summed E-state index contributed by atoms with van der Waals surface area (Å²) in [4.78, 5) is 4.51. The molecule has 0 aromatic carbocycles. The van der Waals surface area contributed by atoms with Gasteiger partial charge in [-0.05, 0) is 57.1 Å². The fourth-order valence-electron chi connectivity index (χ4n) is 2.74. The summed E-state index contributed by atoms with van der Waals surface area (Å²) in [5, 5.41) is 3.66. The largest absolute Gasteiger partial charge is 0.381 e. The maximum atomic E-state index is 4.51. The Morgan fingerprint density at radius 1 is 1.12 bits per heavy atom. The summed E-state index contributed by atoms with van der Waals surface area (Å²) >= 11 is 0. The van der Waals surface area contributed by atoms with Crippen molar-refractivity contribution in [3.63, 3.8) is 0 Å². The molecule has 1 aromatic rings. The van der Waals surface area contributed by atoms with Crippen LogP contribution in [0, 0.1) is 25.7 Å². The van der Waals surface area contributed by atoms with Gasteiger partial charge in [0, 0.05) is 11.7 Å². The summed E-state index contributed by atoms with van der Waals surface area (Å²) in [6.07, 6.45) is 3.92. The molecule has 1 aliphatic carbocycles. The van der Waals surface area contributed by atoms with Crippen molar-refractivity contribution in [2.24, 2.45) is 11.8 Å². The van der Waals surface area contributed by atoms with Gasteiger partial charge in [-0.3, -0.25) is 4.98 Å². The molecule has 0 saturated heterocycles. The summed E-state index contributed by atoms with van der Waals surface area (Å²) < 4.78 is 0. The Balaban J connectivity index is 2.01. The third kappa shape index (κ3) is 2.99. The average molecular weight is 232 g/mol. The zero-order chi connectivity index (χ0) is 12.4. The molecule has 2 rings (SSSR count). The summed E-state index contributed by atoms with van der Waals surface area (Å²) in [5.74, 6) is 1.71. The second kappa shape index (κ2) is 5.07. The van der Waals surface area contributed by atoms with Gasteiger partial charge in [0.2, 0.25) is 0 Å². The van der Waals surface area contributed by atoms with Crippen LogP contribution in [-0.4, -0.2) is 11.0 Å². The van der Waals surface area contributed by atoms with E-state index in [0.717, 1.165) is 23.2 Å². The van der Waals surface area contributed by atoms with Crippen molar-refractivity contribution in [1.29, 1.82) is 0 Å². The van der Waals surface area contributed by atoms with Gasteiger partial charge in [0.05, 0.1) is 11.4 Å². The first kappa shape index (κ1) is 12.4. The Labute approximate surface area is 105 Å².